The Morgan fingerprint density at radius 3 is 2.92 bits per heavy atom. The van der Waals surface area contributed by atoms with Crippen LogP contribution in [-0.4, -0.2) is 44.0 Å². The molecule has 2 N–H and O–H groups in total. The third kappa shape index (κ3) is 3.48. The first-order chi connectivity index (χ1) is 11.6. The summed E-state index contributed by atoms with van der Waals surface area (Å²) in [5.41, 5.74) is 2.83. The van der Waals surface area contributed by atoms with Gasteiger partial charge in [-0.25, -0.2) is 0 Å². The number of hydrogen-bond acceptors (Lipinski definition) is 5. The minimum absolute atomic E-state index is 0.0439. The van der Waals surface area contributed by atoms with Gasteiger partial charge in [-0.15, -0.1) is 10.2 Å². The number of amides is 1. The number of aromatic nitrogens is 5. The number of hydrogen-bond donors (Lipinski definition) is 2. The quantitative estimate of drug-likeness (QED) is 0.845. The first kappa shape index (κ1) is 16.6. The predicted molar refractivity (Wildman–Crippen MR) is 87.4 cm³/mol. The van der Waals surface area contributed by atoms with E-state index in [9.17, 15) is 4.79 Å². The first-order valence-electron chi connectivity index (χ1n) is 8.28. The van der Waals surface area contributed by atoms with E-state index in [1.807, 2.05) is 13.8 Å². The van der Waals surface area contributed by atoms with Crippen LogP contribution in [0.25, 0.3) is 0 Å². The molecule has 0 aromatic carbocycles. The lowest BCUT2D eigenvalue weighted by Crippen LogP contribution is -2.36. The predicted octanol–water partition coefficient (Wildman–Crippen LogP) is 0.828. The van der Waals surface area contributed by atoms with Crippen molar-refractivity contribution >= 4 is 5.91 Å². The van der Waals surface area contributed by atoms with Gasteiger partial charge in [0.2, 0.25) is 5.91 Å². The molecule has 0 radical (unpaired) electrons. The second-order valence-electron chi connectivity index (χ2n) is 6.30. The van der Waals surface area contributed by atoms with Crippen molar-refractivity contribution in [2.75, 3.05) is 7.11 Å². The van der Waals surface area contributed by atoms with Crippen molar-refractivity contribution in [2.24, 2.45) is 0 Å². The van der Waals surface area contributed by atoms with Crippen molar-refractivity contribution in [3.05, 3.63) is 28.6 Å². The van der Waals surface area contributed by atoms with E-state index in [0.717, 1.165) is 54.4 Å². The standard InChI is InChI=1S/C16H24N6O2/c1-10-13(11(2)19-18-10)8-16(23)17-12-4-5-14-20-21-15(9-24-3)22(14)7-6-12/h12H,4-9H2,1-3H3,(H,17,23)(H,18,19). The van der Waals surface area contributed by atoms with Gasteiger partial charge in [0.25, 0.3) is 0 Å². The van der Waals surface area contributed by atoms with E-state index in [-0.39, 0.29) is 11.9 Å². The number of aromatic amines is 1. The Bertz CT molecular complexity index is 701. The highest BCUT2D eigenvalue weighted by Gasteiger charge is 2.22. The van der Waals surface area contributed by atoms with Crippen molar-refractivity contribution in [2.45, 2.75) is 58.7 Å². The topological polar surface area (TPSA) is 97.7 Å². The Balaban J connectivity index is 1.58. The van der Waals surface area contributed by atoms with Crippen LogP contribution in [-0.2, 0) is 35.5 Å². The van der Waals surface area contributed by atoms with Crippen molar-refractivity contribution < 1.29 is 9.53 Å². The summed E-state index contributed by atoms with van der Waals surface area (Å²) in [4.78, 5) is 12.4. The number of carbonyl (C=O) groups excluding carboxylic acids is 1. The molecule has 0 saturated carbocycles. The van der Waals surface area contributed by atoms with E-state index in [0.29, 0.717) is 13.0 Å². The SMILES string of the molecule is COCc1nnc2n1CCC(NC(=O)Cc1c(C)n[nH]c1C)CC2. The smallest absolute Gasteiger partial charge is 0.224 e. The summed E-state index contributed by atoms with van der Waals surface area (Å²) < 4.78 is 7.27. The number of rotatable bonds is 5. The van der Waals surface area contributed by atoms with Crippen LogP contribution < -0.4 is 5.32 Å². The largest absolute Gasteiger partial charge is 0.377 e. The minimum Gasteiger partial charge on any atom is -0.377 e. The lowest BCUT2D eigenvalue weighted by atomic mass is 10.1. The minimum atomic E-state index is 0.0439. The Morgan fingerprint density at radius 1 is 1.38 bits per heavy atom. The molecule has 8 nitrogen and oxygen atoms in total. The summed E-state index contributed by atoms with van der Waals surface area (Å²) in [6.45, 7) is 5.12. The van der Waals surface area contributed by atoms with Gasteiger partial charge in [-0.2, -0.15) is 5.10 Å². The number of fused-ring (bicyclic) bond motifs is 1. The molecule has 1 atom stereocenters. The van der Waals surface area contributed by atoms with E-state index in [4.69, 9.17) is 4.74 Å². The molecule has 0 saturated heterocycles. The van der Waals surface area contributed by atoms with Crippen LogP contribution in [0.15, 0.2) is 0 Å². The Labute approximate surface area is 141 Å². The molecule has 0 spiro atoms. The number of ether oxygens (including phenoxy) is 1. The van der Waals surface area contributed by atoms with Crippen LogP contribution in [0, 0.1) is 13.8 Å². The third-order valence-corrected chi connectivity index (χ3v) is 4.58. The molecule has 2 aromatic rings. The molecule has 1 aliphatic rings. The van der Waals surface area contributed by atoms with Crippen LogP contribution in [0.1, 0.15) is 41.4 Å². The molecule has 130 valence electrons. The van der Waals surface area contributed by atoms with Crippen LogP contribution in [0.3, 0.4) is 0 Å². The fraction of sp³-hybridized carbons (Fsp3) is 0.625. The van der Waals surface area contributed by atoms with Crippen LogP contribution >= 0.6 is 0 Å². The van der Waals surface area contributed by atoms with E-state index in [2.05, 4.69) is 30.3 Å². The molecule has 1 amide bonds. The molecule has 24 heavy (non-hydrogen) atoms. The fourth-order valence-corrected chi connectivity index (χ4v) is 3.20. The summed E-state index contributed by atoms with van der Waals surface area (Å²) in [5, 5.41) is 18.6. The molecular formula is C16H24N6O2. The lowest BCUT2D eigenvalue weighted by molar-refractivity contribution is -0.121. The summed E-state index contributed by atoms with van der Waals surface area (Å²) in [6, 6.07) is 0.155. The summed E-state index contributed by atoms with van der Waals surface area (Å²) >= 11 is 0. The van der Waals surface area contributed by atoms with Gasteiger partial charge in [0.15, 0.2) is 5.82 Å². The maximum absolute atomic E-state index is 12.4. The number of methoxy groups -OCH3 is 1. The van der Waals surface area contributed by atoms with Crippen LogP contribution in [0.4, 0.5) is 0 Å². The van der Waals surface area contributed by atoms with Crippen molar-refractivity contribution in [3.63, 3.8) is 0 Å². The highest BCUT2D eigenvalue weighted by Crippen LogP contribution is 2.16. The van der Waals surface area contributed by atoms with Gasteiger partial charge in [-0.1, -0.05) is 0 Å². The zero-order valence-electron chi connectivity index (χ0n) is 14.4. The van der Waals surface area contributed by atoms with E-state index in [1.54, 1.807) is 7.11 Å². The molecular weight excluding hydrogens is 308 g/mol. The number of nitrogens with one attached hydrogen (secondary N) is 2. The van der Waals surface area contributed by atoms with Gasteiger partial charge in [-0.05, 0) is 26.7 Å². The zero-order chi connectivity index (χ0) is 17.1. The molecule has 2 aromatic heterocycles. The molecule has 1 aliphatic heterocycles. The van der Waals surface area contributed by atoms with E-state index >= 15 is 0 Å². The Hall–Kier alpha value is -2.22. The highest BCUT2D eigenvalue weighted by atomic mass is 16.5. The second kappa shape index (κ2) is 7.12. The van der Waals surface area contributed by atoms with Crippen molar-refractivity contribution in [1.82, 2.24) is 30.3 Å². The van der Waals surface area contributed by atoms with Crippen LogP contribution in [0.5, 0.6) is 0 Å². The second-order valence-corrected chi connectivity index (χ2v) is 6.30. The summed E-state index contributed by atoms with van der Waals surface area (Å²) in [7, 11) is 1.65. The molecule has 0 bridgehead atoms. The van der Waals surface area contributed by atoms with E-state index in [1.165, 1.54) is 0 Å². The summed E-state index contributed by atoms with van der Waals surface area (Å²) in [5.74, 6) is 1.87. The average Bonchev–Trinajstić information content (AvgIpc) is 3.00. The number of H-pyrrole nitrogens is 1. The maximum atomic E-state index is 12.4. The van der Waals surface area contributed by atoms with Gasteiger partial charge >= 0.3 is 0 Å². The zero-order valence-corrected chi connectivity index (χ0v) is 14.4. The first-order valence-corrected chi connectivity index (χ1v) is 8.28. The molecule has 1 unspecified atom stereocenters. The highest BCUT2D eigenvalue weighted by molar-refractivity contribution is 5.79. The summed E-state index contributed by atoms with van der Waals surface area (Å²) in [6.07, 6.45) is 2.92. The van der Waals surface area contributed by atoms with Gasteiger partial charge in [0, 0.05) is 37.4 Å². The molecule has 0 aliphatic carbocycles. The molecule has 3 rings (SSSR count). The monoisotopic (exact) mass is 332 g/mol. The molecule has 8 heteroatoms. The lowest BCUT2D eigenvalue weighted by Gasteiger charge is -2.16. The number of aryl methyl sites for hydroxylation is 3. The van der Waals surface area contributed by atoms with Gasteiger partial charge < -0.3 is 14.6 Å². The van der Waals surface area contributed by atoms with Crippen molar-refractivity contribution in [1.29, 1.82) is 0 Å². The fourth-order valence-electron chi connectivity index (χ4n) is 3.20. The molecule has 0 fully saturated rings. The van der Waals surface area contributed by atoms with E-state index < -0.39 is 0 Å². The maximum Gasteiger partial charge on any atom is 0.224 e. The average molecular weight is 332 g/mol. The van der Waals surface area contributed by atoms with Crippen LogP contribution in [0.2, 0.25) is 0 Å². The molecule has 3 heterocycles. The van der Waals surface area contributed by atoms with Gasteiger partial charge in [-0.3, -0.25) is 9.89 Å². The Kier molecular flexibility index (Phi) is 4.94. The number of nitrogens with zero attached hydrogens (tertiary/aromatic N) is 4. The Morgan fingerprint density at radius 2 is 2.21 bits per heavy atom. The third-order valence-electron chi connectivity index (χ3n) is 4.58. The van der Waals surface area contributed by atoms with Crippen molar-refractivity contribution in [3.8, 4) is 0 Å². The normalized spacial score (nSPS) is 17.4. The van der Waals surface area contributed by atoms with Gasteiger partial charge in [0.05, 0.1) is 12.1 Å². The van der Waals surface area contributed by atoms with Gasteiger partial charge in [0.1, 0.15) is 12.4 Å². The number of carbonyl (C=O) groups is 1.